The summed E-state index contributed by atoms with van der Waals surface area (Å²) in [6.45, 7) is 1.11. The summed E-state index contributed by atoms with van der Waals surface area (Å²) < 4.78 is 0.844. The standard InChI is InChI=1S/C5H14NO.ClH.Zn/c1-6(2,3)4-5-7;;/h7H,4-5H2,1-3H3;1H;/q+1;;/p-1. The molecule has 0 aromatic carbocycles. The van der Waals surface area contributed by atoms with Crippen molar-refractivity contribution in [1.29, 1.82) is 0 Å². The fraction of sp³-hybridized carbons (Fsp3) is 1.00. The second-order valence-corrected chi connectivity index (χ2v) is 2.74. The molecule has 0 saturated carbocycles. The van der Waals surface area contributed by atoms with Gasteiger partial charge in [-0.2, -0.15) is 0 Å². The van der Waals surface area contributed by atoms with Gasteiger partial charge in [-0.25, -0.2) is 0 Å². The van der Waals surface area contributed by atoms with Crippen molar-refractivity contribution >= 4 is 0 Å². The number of nitrogens with zero attached hydrogens (tertiary/aromatic N) is 1. The predicted octanol–water partition coefficient (Wildman–Crippen LogP) is -3.31. The summed E-state index contributed by atoms with van der Waals surface area (Å²) in [5, 5.41) is 8.39. The van der Waals surface area contributed by atoms with E-state index in [1.165, 1.54) is 0 Å². The van der Waals surface area contributed by atoms with Crippen molar-refractivity contribution < 1.29 is 41.5 Å². The molecule has 0 aromatic rings. The summed E-state index contributed by atoms with van der Waals surface area (Å²) in [7, 11) is 6.16. The molecule has 0 aliphatic heterocycles. The van der Waals surface area contributed by atoms with Crippen LogP contribution in [0, 0.1) is 0 Å². The van der Waals surface area contributed by atoms with Crippen LogP contribution in [0.2, 0.25) is 0 Å². The molecule has 0 radical (unpaired) electrons. The van der Waals surface area contributed by atoms with Gasteiger partial charge in [0.2, 0.25) is 0 Å². The van der Waals surface area contributed by atoms with E-state index in [1.54, 1.807) is 0 Å². The monoisotopic (exact) mass is 203 g/mol. The largest absolute Gasteiger partial charge is 1.00 e. The van der Waals surface area contributed by atoms with E-state index < -0.39 is 0 Å². The number of hydrogen-bond acceptors (Lipinski definition) is 1. The van der Waals surface area contributed by atoms with E-state index in [4.69, 9.17) is 5.11 Å². The van der Waals surface area contributed by atoms with Crippen LogP contribution in [0.25, 0.3) is 0 Å². The fourth-order valence-electron chi connectivity index (χ4n) is 0.300. The Kier molecular flexibility index (Phi) is 12.7. The van der Waals surface area contributed by atoms with Gasteiger partial charge in [0.05, 0.1) is 27.7 Å². The molecule has 0 saturated heterocycles. The minimum atomic E-state index is 0. The molecule has 0 unspecified atom stereocenters. The second kappa shape index (κ2) is 6.95. The van der Waals surface area contributed by atoms with E-state index in [0.29, 0.717) is 0 Å². The molecule has 0 heterocycles. The number of halogens is 1. The van der Waals surface area contributed by atoms with E-state index in [9.17, 15) is 0 Å². The fourth-order valence-corrected chi connectivity index (χ4v) is 0.300. The molecule has 0 rings (SSSR count). The van der Waals surface area contributed by atoms with Gasteiger partial charge in [-0.05, 0) is 0 Å². The maximum Gasteiger partial charge on any atom is 0.101 e. The van der Waals surface area contributed by atoms with E-state index >= 15 is 0 Å². The normalized spacial score (nSPS) is 9.33. The molecule has 0 atom stereocenters. The smallest absolute Gasteiger partial charge is 0.101 e. The van der Waals surface area contributed by atoms with Crippen LogP contribution >= 0.6 is 0 Å². The zero-order valence-electron chi connectivity index (χ0n) is 6.39. The van der Waals surface area contributed by atoms with Crippen molar-refractivity contribution in [3.8, 4) is 0 Å². The molecule has 1 N–H and O–H groups in total. The van der Waals surface area contributed by atoms with Gasteiger partial charge >= 0.3 is 0 Å². The van der Waals surface area contributed by atoms with E-state index in [-0.39, 0.29) is 38.5 Å². The Morgan fingerprint density at radius 2 is 1.56 bits per heavy atom. The van der Waals surface area contributed by atoms with E-state index in [0.717, 1.165) is 11.0 Å². The molecule has 0 bridgehead atoms. The van der Waals surface area contributed by atoms with Crippen molar-refractivity contribution in [3.63, 3.8) is 0 Å². The van der Waals surface area contributed by atoms with E-state index in [1.807, 2.05) is 0 Å². The van der Waals surface area contributed by atoms with Crippen LogP contribution in [0.3, 0.4) is 0 Å². The first-order valence-electron chi connectivity index (χ1n) is 2.47. The maximum absolute atomic E-state index is 8.39. The van der Waals surface area contributed by atoms with Gasteiger partial charge in [-0.1, -0.05) is 0 Å². The Balaban J connectivity index is -0.000000180. The molecule has 54 valence electrons. The molecule has 0 spiro atoms. The topological polar surface area (TPSA) is 20.2 Å². The number of quaternary nitrogens is 1. The first-order chi connectivity index (χ1) is 3.06. The first kappa shape index (κ1) is 16.4. The zero-order chi connectivity index (χ0) is 5.91. The van der Waals surface area contributed by atoms with Crippen molar-refractivity contribution in [2.24, 2.45) is 0 Å². The van der Waals surface area contributed by atoms with Crippen LogP contribution in [-0.4, -0.2) is 43.9 Å². The Labute approximate surface area is 76.0 Å². The SMILES string of the molecule is C[N+](C)(C)CCO.[Cl-].[Zn]. The minimum absolute atomic E-state index is 0. The van der Waals surface area contributed by atoms with Crippen molar-refractivity contribution in [2.45, 2.75) is 0 Å². The molecule has 2 nitrogen and oxygen atoms in total. The molecular weight excluding hydrogens is 191 g/mol. The van der Waals surface area contributed by atoms with Gasteiger partial charge in [0.15, 0.2) is 0 Å². The Morgan fingerprint density at radius 1 is 1.22 bits per heavy atom. The number of likely N-dealkylation sites (N-methyl/N-ethyl adjacent to an activating group) is 1. The second-order valence-electron chi connectivity index (χ2n) is 2.74. The molecule has 0 amide bonds. The van der Waals surface area contributed by atoms with Crippen LogP contribution < -0.4 is 12.4 Å². The van der Waals surface area contributed by atoms with Crippen LogP contribution in [0.1, 0.15) is 0 Å². The van der Waals surface area contributed by atoms with Crippen LogP contribution in [0.4, 0.5) is 0 Å². The van der Waals surface area contributed by atoms with Gasteiger partial charge in [0.25, 0.3) is 0 Å². The van der Waals surface area contributed by atoms with Gasteiger partial charge in [0, 0.05) is 19.5 Å². The molecular formula is C5H14ClNOZn. The average Bonchev–Trinajstić information content (AvgIpc) is 1.30. The number of rotatable bonds is 2. The third-order valence-corrected chi connectivity index (χ3v) is 0.771. The quantitative estimate of drug-likeness (QED) is 0.369. The third kappa shape index (κ3) is 17.7. The van der Waals surface area contributed by atoms with Crippen LogP contribution in [0.15, 0.2) is 0 Å². The molecule has 0 fully saturated rings. The molecule has 0 aromatic heterocycles. The summed E-state index contributed by atoms with van der Waals surface area (Å²) >= 11 is 0. The van der Waals surface area contributed by atoms with Crippen LogP contribution in [0.5, 0.6) is 0 Å². The summed E-state index contributed by atoms with van der Waals surface area (Å²) in [4.78, 5) is 0. The van der Waals surface area contributed by atoms with Gasteiger partial charge < -0.3 is 22.0 Å². The van der Waals surface area contributed by atoms with Crippen molar-refractivity contribution in [2.75, 3.05) is 34.3 Å². The number of aliphatic hydroxyl groups excluding tert-OH is 1. The van der Waals surface area contributed by atoms with Gasteiger partial charge in [0.1, 0.15) is 6.54 Å². The van der Waals surface area contributed by atoms with Gasteiger partial charge in [-0.15, -0.1) is 0 Å². The van der Waals surface area contributed by atoms with Gasteiger partial charge in [-0.3, -0.25) is 0 Å². The zero-order valence-corrected chi connectivity index (χ0v) is 10.1. The third-order valence-electron chi connectivity index (χ3n) is 0.771. The first-order valence-corrected chi connectivity index (χ1v) is 2.47. The minimum Gasteiger partial charge on any atom is -1.00 e. The Hall–Kier alpha value is 0.833. The van der Waals surface area contributed by atoms with Crippen molar-refractivity contribution in [1.82, 2.24) is 0 Å². The molecule has 0 aliphatic rings. The van der Waals surface area contributed by atoms with Crippen molar-refractivity contribution in [3.05, 3.63) is 0 Å². The maximum atomic E-state index is 8.39. The molecule has 9 heavy (non-hydrogen) atoms. The summed E-state index contributed by atoms with van der Waals surface area (Å²) in [6, 6.07) is 0. The average molecular weight is 205 g/mol. The summed E-state index contributed by atoms with van der Waals surface area (Å²) in [5.41, 5.74) is 0. The van der Waals surface area contributed by atoms with Crippen LogP contribution in [-0.2, 0) is 19.5 Å². The molecule has 0 aliphatic carbocycles. The predicted molar refractivity (Wildman–Crippen MR) is 30.0 cm³/mol. The Morgan fingerprint density at radius 3 is 1.56 bits per heavy atom. The summed E-state index contributed by atoms with van der Waals surface area (Å²) in [5.74, 6) is 0. The summed E-state index contributed by atoms with van der Waals surface area (Å²) in [6.07, 6.45) is 0. The number of hydrogen-bond donors (Lipinski definition) is 1. The number of aliphatic hydroxyl groups is 1. The van der Waals surface area contributed by atoms with E-state index in [2.05, 4.69) is 21.1 Å². The molecule has 4 heteroatoms. The Bertz CT molecular complexity index is 55.4.